The summed E-state index contributed by atoms with van der Waals surface area (Å²) in [6.07, 6.45) is 0. The maximum Gasteiger partial charge on any atom is 0.340 e. The van der Waals surface area contributed by atoms with Gasteiger partial charge in [0.25, 0.3) is 10.0 Å². The van der Waals surface area contributed by atoms with Crippen molar-refractivity contribution in [3.05, 3.63) is 57.3 Å². The Bertz CT molecular complexity index is 1340. The molecule has 30 heavy (non-hydrogen) atoms. The molecule has 2 aromatic carbocycles. The van der Waals surface area contributed by atoms with Gasteiger partial charge in [-0.15, -0.1) is 0 Å². The standard InChI is InChI=1S/C21H21NO7S/c1-9-8-10(2)12(4)19(11(9)3)30(28,29)22-13(5)16(20(24)25)17-14(22)6-7-15(23)18(17)21(26)27/h6-8,23H,1-5H3,(H,24,25)(H,26,27). The van der Waals surface area contributed by atoms with Crippen LogP contribution in [0.4, 0.5) is 0 Å². The zero-order chi connectivity index (χ0) is 22.7. The highest BCUT2D eigenvalue weighted by molar-refractivity contribution is 7.90. The summed E-state index contributed by atoms with van der Waals surface area (Å²) >= 11 is 0. The van der Waals surface area contributed by atoms with Crippen LogP contribution in [0.3, 0.4) is 0 Å². The highest BCUT2D eigenvalue weighted by Gasteiger charge is 2.33. The van der Waals surface area contributed by atoms with Crippen LogP contribution in [0.15, 0.2) is 23.1 Å². The summed E-state index contributed by atoms with van der Waals surface area (Å²) in [7, 11) is -4.29. The van der Waals surface area contributed by atoms with Crippen LogP contribution in [0.5, 0.6) is 5.75 Å². The lowest BCUT2D eigenvalue weighted by atomic mass is 10.0. The van der Waals surface area contributed by atoms with Gasteiger partial charge >= 0.3 is 11.9 Å². The fraction of sp³-hybridized carbons (Fsp3) is 0.238. The van der Waals surface area contributed by atoms with Gasteiger partial charge in [-0.1, -0.05) is 6.07 Å². The van der Waals surface area contributed by atoms with Crippen LogP contribution in [0.25, 0.3) is 10.9 Å². The second-order valence-corrected chi connectivity index (χ2v) is 9.01. The highest BCUT2D eigenvalue weighted by atomic mass is 32.2. The van der Waals surface area contributed by atoms with Crippen molar-refractivity contribution in [3.8, 4) is 5.75 Å². The van der Waals surface area contributed by atoms with Crippen molar-refractivity contribution in [3.63, 3.8) is 0 Å². The number of aromatic carboxylic acids is 2. The van der Waals surface area contributed by atoms with Gasteiger partial charge in [-0.05, 0) is 69.0 Å². The van der Waals surface area contributed by atoms with Crippen molar-refractivity contribution in [1.29, 1.82) is 0 Å². The van der Waals surface area contributed by atoms with E-state index >= 15 is 0 Å². The Morgan fingerprint density at radius 2 is 1.37 bits per heavy atom. The summed E-state index contributed by atoms with van der Waals surface area (Å²) in [6, 6.07) is 4.12. The first-order valence-corrected chi connectivity index (χ1v) is 10.4. The SMILES string of the molecule is Cc1cc(C)c(C)c(S(=O)(=O)n2c(C)c(C(=O)O)c3c(C(=O)O)c(O)ccc32)c1C. The third-order valence-electron chi connectivity index (χ3n) is 5.52. The molecule has 8 nitrogen and oxygen atoms in total. The van der Waals surface area contributed by atoms with Crippen LogP contribution in [0.2, 0.25) is 0 Å². The molecule has 0 fully saturated rings. The van der Waals surface area contributed by atoms with Crippen LogP contribution >= 0.6 is 0 Å². The van der Waals surface area contributed by atoms with Gasteiger partial charge in [-0.2, -0.15) is 0 Å². The van der Waals surface area contributed by atoms with Gasteiger partial charge in [0.2, 0.25) is 0 Å². The van der Waals surface area contributed by atoms with Crippen molar-refractivity contribution in [1.82, 2.24) is 3.97 Å². The average molecular weight is 431 g/mol. The quantitative estimate of drug-likeness (QED) is 0.575. The molecule has 0 aliphatic carbocycles. The smallest absolute Gasteiger partial charge is 0.340 e. The molecule has 1 aromatic heterocycles. The minimum atomic E-state index is -4.29. The van der Waals surface area contributed by atoms with E-state index < -0.39 is 38.8 Å². The monoisotopic (exact) mass is 431 g/mol. The molecule has 1 heterocycles. The molecular weight excluding hydrogens is 410 g/mol. The number of fused-ring (bicyclic) bond motifs is 1. The highest BCUT2D eigenvalue weighted by Crippen LogP contribution is 2.38. The van der Waals surface area contributed by atoms with Crippen molar-refractivity contribution in [2.75, 3.05) is 0 Å². The maximum absolute atomic E-state index is 13.8. The number of rotatable bonds is 4. The van der Waals surface area contributed by atoms with Crippen molar-refractivity contribution < 1.29 is 33.3 Å². The van der Waals surface area contributed by atoms with Crippen LogP contribution in [0.1, 0.15) is 48.7 Å². The van der Waals surface area contributed by atoms with Crippen LogP contribution < -0.4 is 0 Å². The first kappa shape index (κ1) is 21.4. The Labute approximate surface area is 173 Å². The van der Waals surface area contributed by atoms with E-state index in [0.717, 1.165) is 21.2 Å². The molecule has 0 atom stereocenters. The molecule has 158 valence electrons. The Morgan fingerprint density at radius 3 is 1.83 bits per heavy atom. The predicted molar refractivity (Wildman–Crippen MR) is 110 cm³/mol. The average Bonchev–Trinajstić information content (AvgIpc) is 2.92. The van der Waals surface area contributed by atoms with E-state index in [1.165, 1.54) is 13.0 Å². The van der Waals surface area contributed by atoms with Gasteiger partial charge in [0.1, 0.15) is 11.3 Å². The number of benzene rings is 2. The fourth-order valence-corrected chi connectivity index (χ4v) is 6.05. The zero-order valence-corrected chi connectivity index (χ0v) is 17.9. The number of hydrogen-bond donors (Lipinski definition) is 3. The summed E-state index contributed by atoms with van der Waals surface area (Å²) in [6.45, 7) is 8.21. The second kappa shape index (κ2) is 6.88. The number of carboxylic acid groups (broad SMARTS) is 2. The molecule has 0 bridgehead atoms. The summed E-state index contributed by atoms with van der Waals surface area (Å²) in [5, 5.41) is 29.0. The van der Waals surface area contributed by atoms with Gasteiger partial charge < -0.3 is 15.3 Å². The number of nitrogens with zero attached hydrogens (tertiary/aromatic N) is 1. The summed E-state index contributed by atoms with van der Waals surface area (Å²) in [5.74, 6) is -3.70. The molecular formula is C21H21NO7S. The third-order valence-corrected chi connectivity index (χ3v) is 7.60. The first-order chi connectivity index (χ1) is 13.8. The van der Waals surface area contributed by atoms with Crippen LogP contribution in [-0.4, -0.2) is 39.6 Å². The van der Waals surface area contributed by atoms with Gasteiger partial charge in [0.15, 0.2) is 0 Å². The van der Waals surface area contributed by atoms with E-state index in [2.05, 4.69) is 0 Å². The second-order valence-electron chi connectivity index (χ2n) is 7.28. The maximum atomic E-state index is 13.8. The van der Waals surface area contributed by atoms with E-state index in [1.807, 2.05) is 6.07 Å². The molecule has 0 saturated heterocycles. The number of aromatic nitrogens is 1. The Balaban J connectivity index is 2.59. The first-order valence-electron chi connectivity index (χ1n) is 8.98. The van der Waals surface area contributed by atoms with Gasteiger partial charge in [-0.3, -0.25) is 0 Å². The van der Waals surface area contributed by atoms with E-state index in [-0.39, 0.29) is 21.5 Å². The molecule has 0 radical (unpaired) electrons. The lowest BCUT2D eigenvalue weighted by Gasteiger charge is -2.18. The van der Waals surface area contributed by atoms with Crippen LogP contribution in [0, 0.1) is 34.6 Å². The van der Waals surface area contributed by atoms with Crippen molar-refractivity contribution in [2.24, 2.45) is 0 Å². The zero-order valence-electron chi connectivity index (χ0n) is 17.1. The number of aryl methyl sites for hydroxylation is 2. The normalized spacial score (nSPS) is 11.8. The van der Waals surface area contributed by atoms with E-state index in [4.69, 9.17) is 0 Å². The number of hydrogen-bond acceptors (Lipinski definition) is 5. The summed E-state index contributed by atoms with van der Waals surface area (Å²) in [5.41, 5.74) is 1.14. The number of carboxylic acids is 2. The fourth-order valence-electron chi connectivity index (χ4n) is 3.91. The molecule has 3 rings (SSSR count). The lowest BCUT2D eigenvalue weighted by molar-refractivity contribution is 0.0693. The Hall–Kier alpha value is -3.33. The van der Waals surface area contributed by atoms with Crippen LogP contribution in [-0.2, 0) is 10.0 Å². The molecule has 0 saturated carbocycles. The largest absolute Gasteiger partial charge is 0.507 e. The Morgan fingerprint density at radius 1 is 0.867 bits per heavy atom. The summed E-state index contributed by atoms with van der Waals surface area (Å²) in [4.78, 5) is 23.7. The molecule has 0 spiro atoms. The molecule has 3 aromatic rings. The molecule has 9 heteroatoms. The topological polar surface area (TPSA) is 134 Å². The molecule has 0 amide bonds. The molecule has 0 unspecified atom stereocenters. The lowest BCUT2D eigenvalue weighted by Crippen LogP contribution is -2.18. The molecule has 3 N–H and O–H groups in total. The van der Waals surface area contributed by atoms with E-state index in [9.17, 15) is 33.3 Å². The Kier molecular flexibility index (Phi) is 4.90. The van der Waals surface area contributed by atoms with Crippen molar-refractivity contribution in [2.45, 2.75) is 39.5 Å². The third kappa shape index (κ3) is 2.85. The van der Waals surface area contributed by atoms with Gasteiger partial charge in [-0.25, -0.2) is 22.0 Å². The number of phenols is 1. The molecule has 0 aliphatic heterocycles. The minimum absolute atomic E-state index is 0.0434. The number of carbonyl (C=O) groups is 2. The van der Waals surface area contributed by atoms with Gasteiger partial charge in [0, 0.05) is 11.1 Å². The van der Waals surface area contributed by atoms with Gasteiger partial charge in [0.05, 0.1) is 16.0 Å². The minimum Gasteiger partial charge on any atom is -0.507 e. The van der Waals surface area contributed by atoms with E-state index in [0.29, 0.717) is 11.1 Å². The number of aromatic hydroxyl groups is 1. The molecule has 0 aliphatic rings. The predicted octanol–water partition coefficient (Wildman–Crippen LogP) is 3.52. The summed E-state index contributed by atoms with van der Waals surface area (Å²) < 4.78 is 28.4. The van der Waals surface area contributed by atoms with E-state index in [1.54, 1.807) is 27.7 Å². The van der Waals surface area contributed by atoms with Crippen molar-refractivity contribution >= 4 is 32.9 Å².